The van der Waals surface area contributed by atoms with E-state index in [2.05, 4.69) is 11.9 Å². The highest BCUT2D eigenvalue weighted by Gasteiger charge is 2.18. The molecule has 0 bridgehead atoms. The Bertz CT molecular complexity index is 761. The molecule has 0 aliphatic carbocycles. The molecule has 1 aromatic carbocycles. The Morgan fingerprint density at radius 1 is 1.32 bits per heavy atom. The number of carbonyl (C=O) groups is 1. The van der Waals surface area contributed by atoms with Gasteiger partial charge in [-0.3, -0.25) is 9.59 Å². The molecule has 0 spiro atoms. The predicted molar refractivity (Wildman–Crippen MR) is 85.3 cm³/mol. The van der Waals surface area contributed by atoms with Crippen molar-refractivity contribution in [1.29, 1.82) is 0 Å². The summed E-state index contributed by atoms with van der Waals surface area (Å²) in [6.45, 7) is 5.94. The van der Waals surface area contributed by atoms with Gasteiger partial charge in [0.15, 0.2) is 0 Å². The number of esters is 1. The van der Waals surface area contributed by atoms with Gasteiger partial charge >= 0.3 is 5.97 Å². The maximum atomic E-state index is 12.1. The quantitative estimate of drug-likeness (QED) is 0.832. The summed E-state index contributed by atoms with van der Waals surface area (Å²) >= 11 is 0. The molecule has 2 rings (SSSR count). The van der Waals surface area contributed by atoms with E-state index >= 15 is 0 Å². The van der Waals surface area contributed by atoms with Crippen molar-refractivity contribution < 1.29 is 14.6 Å². The zero-order chi connectivity index (χ0) is 16.3. The molecule has 0 saturated heterocycles. The fourth-order valence-corrected chi connectivity index (χ4v) is 2.68. The van der Waals surface area contributed by atoms with E-state index in [4.69, 9.17) is 4.74 Å². The van der Waals surface area contributed by atoms with E-state index in [0.29, 0.717) is 10.9 Å². The summed E-state index contributed by atoms with van der Waals surface area (Å²) in [6.07, 6.45) is 1.65. The number of aryl methyl sites for hydroxylation is 2. The van der Waals surface area contributed by atoms with Crippen LogP contribution in [0.4, 0.5) is 0 Å². The zero-order valence-electron chi connectivity index (χ0n) is 13.2. The summed E-state index contributed by atoms with van der Waals surface area (Å²) in [7, 11) is 0. The Morgan fingerprint density at radius 2 is 2.05 bits per heavy atom. The smallest absolute Gasteiger partial charge is 0.310 e. The number of ether oxygens (including phenoxy) is 1. The van der Waals surface area contributed by atoms with Gasteiger partial charge in [-0.25, -0.2) is 0 Å². The lowest BCUT2D eigenvalue weighted by atomic mass is 9.97. The largest absolute Gasteiger partial charge is 0.507 e. The number of fused-ring (bicyclic) bond motifs is 1. The van der Waals surface area contributed by atoms with E-state index in [-0.39, 0.29) is 24.3 Å². The molecule has 2 aromatic rings. The lowest BCUT2D eigenvalue weighted by molar-refractivity contribution is -0.142. The molecule has 1 aromatic heterocycles. The van der Waals surface area contributed by atoms with Gasteiger partial charge in [0.1, 0.15) is 5.75 Å². The van der Waals surface area contributed by atoms with Crippen LogP contribution in [0.3, 0.4) is 0 Å². The minimum absolute atomic E-state index is 0.0581. The van der Waals surface area contributed by atoms with Gasteiger partial charge in [0.25, 0.3) is 5.56 Å². The van der Waals surface area contributed by atoms with Gasteiger partial charge < -0.3 is 14.8 Å². The van der Waals surface area contributed by atoms with Gasteiger partial charge in [0.2, 0.25) is 0 Å². The molecule has 5 heteroatoms. The second kappa shape index (κ2) is 6.64. The lowest BCUT2D eigenvalue weighted by Crippen LogP contribution is -2.18. The van der Waals surface area contributed by atoms with Crippen LogP contribution in [0.25, 0.3) is 10.9 Å². The Kier molecular flexibility index (Phi) is 4.85. The van der Waals surface area contributed by atoms with Crippen LogP contribution >= 0.6 is 0 Å². The van der Waals surface area contributed by atoms with Crippen molar-refractivity contribution in [2.24, 2.45) is 0 Å². The molecule has 0 saturated carbocycles. The van der Waals surface area contributed by atoms with Crippen molar-refractivity contribution in [2.75, 3.05) is 6.61 Å². The van der Waals surface area contributed by atoms with Crippen LogP contribution in [-0.2, 0) is 22.4 Å². The van der Waals surface area contributed by atoms with Crippen molar-refractivity contribution in [2.45, 2.75) is 40.0 Å². The molecule has 0 fully saturated rings. The average molecular weight is 303 g/mol. The first-order valence-corrected chi connectivity index (χ1v) is 7.51. The van der Waals surface area contributed by atoms with Gasteiger partial charge in [-0.05, 0) is 37.5 Å². The summed E-state index contributed by atoms with van der Waals surface area (Å²) in [5.41, 5.74) is 2.23. The Labute approximate surface area is 128 Å². The first-order chi connectivity index (χ1) is 10.5. The predicted octanol–water partition coefficient (Wildman–Crippen LogP) is 2.60. The highest BCUT2D eigenvalue weighted by Crippen LogP contribution is 2.30. The number of aromatic amines is 1. The molecule has 2 N–H and O–H groups in total. The normalized spacial score (nSPS) is 10.9. The summed E-state index contributed by atoms with van der Waals surface area (Å²) in [5.74, 6) is -0.646. The molecule has 0 aliphatic heterocycles. The Balaban J connectivity index is 2.61. The molecular formula is C17H21NO4. The molecule has 118 valence electrons. The summed E-state index contributed by atoms with van der Waals surface area (Å²) in [6, 6.07) is 3.75. The number of H-pyrrole nitrogens is 1. The third kappa shape index (κ3) is 2.98. The standard InChI is InChI=1S/C17H21NO4/c1-4-6-11-7-8-13-15(10(11)3)16(20)12(17(21)18-13)9-14(19)22-5-2/h7-8H,4-6,9H2,1-3H3,(H2,18,20,21). The molecule has 0 atom stereocenters. The van der Waals surface area contributed by atoms with Crippen molar-refractivity contribution in [3.05, 3.63) is 39.2 Å². The number of aromatic nitrogens is 1. The third-order valence-electron chi connectivity index (χ3n) is 3.77. The van der Waals surface area contributed by atoms with E-state index < -0.39 is 11.5 Å². The second-order valence-corrected chi connectivity index (χ2v) is 5.29. The number of benzene rings is 1. The summed E-state index contributed by atoms with van der Waals surface area (Å²) in [5, 5.41) is 11.1. The number of aromatic hydroxyl groups is 1. The molecule has 1 heterocycles. The molecule has 0 unspecified atom stereocenters. The third-order valence-corrected chi connectivity index (χ3v) is 3.77. The number of carbonyl (C=O) groups excluding carboxylic acids is 1. The monoisotopic (exact) mass is 303 g/mol. The average Bonchev–Trinajstić information content (AvgIpc) is 2.46. The van der Waals surface area contributed by atoms with Crippen molar-refractivity contribution in [3.8, 4) is 5.75 Å². The van der Waals surface area contributed by atoms with Gasteiger partial charge in [0.05, 0.1) is 24.1 Å². The highest BCUT2D eigenvalue weighted by molar-refractivity contribution is 5.91. The second-order valence-electron chi connectivity index (χ2n) is 5.29. The number of rotatable bonds is 5. The van der Waals surface area contributed by atoms with Crippen LogP contribution in [0.5, 0.6) is 5.75 Å². The van der Waals surface area contributed by atoms with E-state index in [9.17, 15) is 14.7 Å². The maximum absolute atomic E-state index is 12.1. The molecule has 0 aliphatic rings. The minimum Gasteiger partial charge on any atom is -0.507 e. The number of nitrogens with one attached hydrogen (secondary N) is 1. The van der Waals surface area contributed by atoms with Gasteiger partial charge in [-0.1, -0.05) is 19.4 Å². The fourth-order valence-electron chi connectivity index (χ4n) is 2.68. The van der Waals surface area contributed by atoms with Crippen LogP contribution in [0.15, 0.2) is 16.9 Å². The fraction of sp³-hybridized carbons (Fsp3) is 0.412. The minimum atomic E-state index is -0.523. The van der Waals surface area contributed by atoms with Crippen LogP contribution < -0.4 is 5.56 Å². The summed E-state index contributed by atoms with van der Waals surface area (Å²) < 4.78 is 4.86. The molecular weight excluding hydrogens is 282 g/mol. The Morgan fingerprint density at radius 3 is 2.68 bits per heavy atom. The van der Waals surface area contributed by atoms with Gasteiger partial charge in [-0.2, -0.15) is 0 Å². The van der Waals surface area contributed by atoms with Crippen LogP contribution in [0.1, 0.15) is 37.0 Å². The highest BCUT2D eigenvalue weighted by atomic mass is 16.5. The maximum Gasteiger partial charge on any atom is 0.310 e. The van der Waals surface area contributed by atoms with Crippen molar-refractivity contribution in [1.82, 2.24) is 4.98 Å². The van der Waals surface area contributed by atoms with E-state index in [1.54, 1.807) is 13.0 Å². The van der Waals surface area contributed by atoms with E-state index in [1.165, 1.54) is 0 Å². The number of hydrogen-bond acceptors (Lipinski definition) is 4. The molecule has 5 nitrogen and oxygen atoms in total. The van der Waals surface area contributed by atoms with Crippen molar-refractivity contribution in [3.63, 3.8) is 0 Å². The SMILES string of the molecule is CCCc1ccc2[nH]c(=O)c(CC(=O)OCC)c(O)c2c1C. The van der Waals surface area contributed by atoms with Crippen LogP contribution in [-0.4, -0.2) is 22.7 Å². The molecule has 0 radical (unpaired) electrons. The van der Waals surface area contributed by atoms with E-state index in [1.807, 2.05) is 13.0 Å². The van der Waals surface area contributed by atoms with Crippen molar-refractivity contribution >= 4 is 16.9 Å². The first kappa shape index (κ1) is 16.1. The first-order valence-electron chi connectivity index (χ1n) is 7.51. The van der Waals surface area contributed by atoms with Crippen LogP contribution in [0, 0.1) is 6.92 Å². The van der Waals surface area contributed by atoms with Gasteiger partial charge in [-0.15, -0.1) is 0 Å². The van der Waals surface area contributed by atoms with Gasteiger partial charge in [0, 0.05) is 5.39 Å². The van der Waals surface area contributed by atoms with E-state index in [0.717, 1.165) is 24.0 Å². The number of hydrogen-bond donors (Lipinski definition) is 2. The Hall–Kier alpha value is -2.30. The summed E-state index contributed by atoms with van der Waals surface area (Å²) in [4.78, 5) is 26.4. The zero-order valence-corrected chi connectivity index (χ0v) is 13.2. The van der Waals surface area contributed by atoms with Crippen LogP contribution in [0.2, 0.25) is 0 Å². The lowest BCUT2D eigenvalue weighted by Gasteiger charge is -2.12. The molecule has 22 heavy (non-hydrogen) atoms. The topological polar surface area (TPSA) is 79.4 Å². The number of pyridine rings is 1. The molecule has 0 amide bonds.